The van der Waals surface area contributed by atoms with Gasteiger partial charge in [-0.2, -0.15) is 0 Å². The smallest absolute Gasteiger partial charge is 0.271 e. The zero-order chi connectivity index (χ0) is 10.8. The van der Waals surface area contributed by atoms with Gasteiger partial charge in [0.2, 0.25) is 0 Å². The number of benzene rings is 1. The van der Waals surface area contributed by atoms with E-state index in [9.17, 15) is 4.79 Å². The second-order valence-corrected chi connectivity index (χ2v) is 3.73. The Morgan fingerprint density at radius 2 is 1.93 bits per heavy atom. The second kappa shape index (κ2) is 4.09. The lowest BCUT2D eigenvalue weighted by molar-refractivity contribution is 0.525. The molecule has 1 radical (unpaired) electrons. The van der Waals surface area contributed by atoms with Crippen LogP contribution >= 0.6 is 23.2 Å². The van der Waals surface area contributed by atoms with E-state index in [-0.39, 0.29) is 5.76 Å². The fourth-order valence-electron chi connectivity index (χ4n) is 1.23. The Kier molecular flexibility index (Phi) is 2.80. The van der Waals surface area contributed by atoms with E-state index >= 15 is 0 Å². The molecule has 2 aromatic rings. The quantitative estimate of drug-likeness (QED) is 0.800. The number of carbonyl (C=O) groups excluding carboxylic acids is 1. The summed E-state index contributed by atoms with van der Waals surface area (Å²) in [5, 5.41) is 1.03. The van der Waals surface area contributed by atoms with Gasteiger partial charge in [0.05, 0.1) is 5.02 Å². The lowest BCUT2D eigenvalue weighted by atomic mass is 10.2. The third-order valence-electron chi connectivity index (χ3n) is 1.90. The van der Waals surface area contributed by atoms with Gasteiger partial charge in [-0.25, -0.2) is 0 Å². The number of hydrogen-bond acceptors (Lipinski definition) is 2. The molecule has 0 atom stereocenters. The number of furan rings is 1. The maximum absolute atomic E-state index is 10.3. The average molecular weight is 240 g/mol. The van der Waals surface area contributed by atoms with Crippen molar-refractivity contribution in [2.24, 2.45) is 0 Å². The zero-order valence-corrected chi connectivity index (χ0v) is 8.97. The van der Waals surface area contributed by atoms with Crippen LogP contribution < -0.4 is 0 Å². The fraction of sp³-hybridized carbons (Fsp3) is 0. The van der Waals surface area contributed by atoms with Gasteiger partial charge in [-0.05, 0) is 30.3 Å². The van der Waals surface area contributed by atoms with Gasteiger partial charge in [0.25, 0.3) is 6.29 Å². The van der Waals surface area contributed by atoms with E-state index < -0.39 is 0 Å². The highest BCUT2D eigenvalue weighted by atomic mass is 35.5. The molecule has 1 aromatic carbocycles. The van der Waals surface area contributed by atoms with Gasteiger partial charge in [0.15, 0.2) is 5.76 Å². The van der Waals surface area contributed by atoms with Crippen LogP contribution in [0, 0.1) is 0 Å². The van der Waals surface area contributed by atoms with Crippen molar-refractivity contribution < 1.29 is 9.21 Å². The topological polar surface area (TPSA) is 30.2 Å². The van der Waals surface area contributed by atoms with Crippen molar-refractivity contribution in [2.45, 2.75) is 0 Å². The molecule has 1 heterocycles. The molecule has 0 aliphatic heterocycles. The highest BCUT2D eigenvalue weighted by Gasteiger charge is 2.08. The van der Waals surface area contributed by atoms with Crippen LogP contribution in [0.2, 0.25) is 10.0 Å². The van der Waals surface area contributed by atoms with Crippen molar-refractivity contribution in [1.29, 1.82) is 0 Å². The van der Waals surface area contributed by atoms with Gasteiger partial charge in [-0.1, -0.05) is 23.2 Å². The molecule has 15 heavy (non-hydrogen) atoms. The Labute approximate surface area is 96.4 Å². The highest BCUT2D eigenvalue weighted by Crippen LogP contribution is 2.31. The van der Waals surface area contributed by atoms with E-state index in [1.54, 1.807) is 30.6 Å². The molecular weight excluding hydrogens is 235 g/mol. The molecule has 4 heteroatoms. The predicted octanol–water partition coefficient (Wildman–Crippen LogP) is 3.71. The fourth-order valence-corrected chi connectivity index (χ4v) is 1.73. The summed E-state index contributed by atoms with van der Waals surface area (Å²) in [5.74, 6) is 0.672. The van der Waals surface area contributed by atoms with Crippen molar-refractivity contribution in [3.05, 3.63) is 46.1 Å². The standard InChI is InChI=1S/C11H5Cl2O2/c12-7-1-3-9(10(13)5-7)11-4-2-8(6-14)15-11/h1-5H. The summed E-state index contributed by atoms with van der Waals surface area (Å²) in [6, 6.07) is 8.25. The molecule has 0 bridgehead atoms. The van der Waals surface area contributed by atoms with Crippen LogP contribution in [0.4, 0.5) is 0 Å². The monoisotopic (exact) mass is 239 g/mol. The first kappa shape index (κ1) is 10.3. The van der Waals surface area contributed by atoms with Crippen LogP contribution in [-0.2, 0) is 4.79 Å². The summed E-state index contributed by atoms with van der Waals surface area (Å²) in [6.07, 6.45) is 1.66. The number of rotatable bonds is 2. The second-order valence-electron chi connectivity index (χ2n) is 2.89. The molecule has 0 fully saturated rings. The molecule has 0 aliphatic carbocycles. The molecule has 2 nitrogen and oxygen atoms in total. The van der Waals surface area contributed by atoms with E-state index in [0.29, 0.717) is 21.4 Å². The van der Waals surface area contributed by atoms with Crippen molar-refractivity contribution in [2.75, 3.05) is 0 Å². The summed E-state index contributed by atoms with van der Waals surface area (Å²) in [6.45, 7) is 0. The molecule has 0 saturated heterocycles. The molecular formula is C11H5Cl2O2. The largest absolute Gasteiger partial charge is 0.452 e. The molecule has 0 unspecified atom stereocenters. The summed E-state index contributed by atoms with van der Waals surface area (Å²) in [4.78, 5) is 10.3. The van der Waals surface area contributed by atoms with Gasteiger partial charge < -0.3 is 4.42 Å². The third-order valence-corrected chi connectivity index (χ3v) is 2.45. The molecule has 0 amide bonds. The lowest BCUT2D eigenvalue weighted by Gasteiger charge is -2.00. The molecule has 0 N–H and O–H groups in total. The van der Waals surface area contributed by atoms with Crippen LogP contribution in [0.15, 0.2) is 34.7 Å². The third kappa shape index (κ3) is 2.06. The highest BCUT2D eigenvalue weighted by molar-refractivity contribution is 6.36. The molecule has 2 rings (SSSR count). The summed E-state index contributed by atoms with van der Waals surface area (Å²) < 4.78 is 5.19. The number of hydrogen-bond donors (Lipinski definition) is 0. The summed E-state index contributed by atoms with van der Waals surface area (Å²) in [7, 11) is 0. The van der Waals surface area contributed by atoms with Gasteiger partial charge in [0.1, 0.15) is 5.76 Å². The first-order valence-corrected chi connectivity index (χ1v) is 4.89. The van der Waals surface area contributed by atoms with Gasteiger partial charge in [0, 0.05) is 10.6 Å². The lowest BCUT2D eigenvalue weighted by Crippen LogP contribution is -1.76. The van der Waals surface area contributed by atoms with Crippen LogP contribution in [0.25, 0.3) is 11.3 Å². The Morgan fingerprint density at radius 1 is 1.13 bits per heavy atom. The number of halogens is 2. The minimum atomic E-state index is 0.149. The van der Waals surface area contributed by atoms with Crippen LogP contribution in [-0.4, -0.2) is 6.29 Å². The van der Waals surface area contributed by atoms with Crippen LogP contribution in [0.5, 0.6) is 0 Å². The van der Waals surface area contributed by atoms with Crippen molar-refractivity contribution in [3.8, 4) is 11.3 Å². The van der Waals surface area contributed by atoms with Crippen molar-refractivity contribution >= 4 is 29.5 Å². The first-order valence-electron chi connectivity index (χ1n) is 4.14. The molecule has 75 valence electrons. The molecule has 1 aromatic heterocycles. The van der Waals surface area contributed by atoms with Crippen molar-refractivity contribution in [1.82, 2.24) is 0 Å². The van der Waals surface area contributed by atoms with Crippen LogP contribution in [0.3, 0.4) is 0 Å². The molecule has 0 saturated carbocycles. The Morgan fingerprint density at radius 3 is 2.53 bits per heavy atom. The van der Waals surface area contributed by atoms with Gasteiger partial charge >= 0.3 is 0 Å². The predicted molar refractivity (Wildman–Crippen MR) is 59.0 cm³/mol. The SMILES string of the molecule is O=[C]c1ccc(-c2ccc(Cl)cc2Cl)o1. The van der Waals surface area contributed by atoms with E-state index in [2.05, 4.69) is 0 Å². The molecule has 0 aliphatic rings. The Balaban J connectivity index is 2.49. The molecule has 0 spiro atoms. The maximum atomic E-state index is 10.3. The minimum absolute atomic E-state index is 0.149. The van der Waals surface area contributed by atoms with Crippen molar-refractivity contribution in [3.63, 3.8) is 0 Å². The minimum Gasteiger partial charge on any atom is -0.452 e. The average Bonchev–Trinajstić information content (AvgIpc) is 2.66. The summed E-state index contributed by atoms with van der Waals surface area (Å²) in [5.41, 5.74) is 0.697. The normalized spacial score (nSPS) is 10.3. The van der Waals surface area contributed by atoms with Gasteiger partial charge in [-0.15, -0.1) is 0 Å². The van der Waals surface area contributed by atoms with E-state index in [1.807, 2.05) is 0 Å². The summed E-state index contributed by atoms with van der Waals surface area (Å²) >= 11 is 11.7. The Hall–Kier alpha value is -1.25. The van der Waals surface area contributed by atoms with Gasteiger partial charge in [-0.3, -0.25) is 4.79 Å². The Bertz CT molecular complexity index is 503. The van der Waals surface area contributed by atoms with Crippen LogP contribution in [0.1, 0.15) is 5.76 Å². The zero-order valence-electron chi connectivity index (χ0n) is 7.46. The van der Waals surface area contributed by atoms with E-state index in [0.717, 1.165) is 0 Å². The van der Waals surface area contributed by atoms with E-state index in [1.165, 1.54) is 6.07 Å². The van der Waals surface area contributed by atoms with E-state index in [4.69, 9.17) is 27.6 Å². The first-order chi connectivity index (χ1) is 7.20. The maximum Gasteiger partial charge on any atom is 0.271 e.